The summed E-state index contributed by atoms with van der Waals surface area (Å²) in [6.07, 6.45) is 2.29. The second-order valence-electron chi connectivity index (χ2n) is 6.55. The minimum Gasteiger partial charge on any atom is -0.352 e. The van der Waals surface area contributed by atoms with E-state index < -0.39 is 0 Å². The first-order chi connectivity index (χ1) is 9.63. The number of guanidine groups is 1. The highest BCUT2D eigenvalue weighted by Gasteiger charge is 2.33. The molecule has 3 heteroatoms. The maximum atomic E-state index is 4.61. The standard InChI is InChI=1S/C17H25N3/c1-12(2)10-14-4-6-15(7-5-14)16-8-9-18-17-19-13(3)11-20(16)17/h4-7,12-13,16H,8-11H2,1-3H3,(H,18,19). The number of hydrogen-bond donors (Lipinski definition) is 1. The molecule has 0 spiro atoms. The van der Waals surface area contributed by atoms with Crippen LogP contribution in [0.2, 0.25) is 0 Å². The number of nitrogens with one attached hydrogen (secondary N) is 1. The van der Waals surface area contributed by atoms with Crippen LogP contribution in [-0.4, -0.2) is 30.0 Å². The molecule has 2 heterocycles. The zero-order valence-corrected chi connectivity index (χ0v) is 12.8. The van der Waals surface area contributed by atoms with Crippen LogP contribution in [-0.2, 0) is 6.42 Å². The molecule has 1 aromatic rings. The Kier molecular flexibility index (Phi) is 3.68. The molecular weight excluding hydrogens is 246 g/mol. The van der Waals surface area contributed by atoms with Gasteiger partial charge in [-0.15, -0.1) is 0 Å². The smallest absolute Gasteiger partial charge is 0.194 e. The van der Waals surface area contributed by atoms with Gasteiger partial charge in [-0.05, 0) is 36.8 Å². The van der Waals surface area contributed by atoms with Gasteiger partial charge in [-0.3, -0.25) is 4.99 Å². The lowest BCUT2D eigenvalue weighted by atomic mass is 9.97. The molecule has 0 amide bonds. The summed E-state index contributed by atoms with van der Waals surface area (Å²) in [5.41, 5.74) is 2.88. The molecule has 0 aliphatic carbocycles. The third-order valence-corrected chi connectivity index (χ3v) is 4.17. The van der Waals surface area contributed by atoms with Crippen molar-refractivity contribution >= 4 is 5.96 Å². The van der Waals surface area contributed by atoms with E-state index in [1.807, 2.05) is 0 Å². The van der Waals surface area contributed by atoms with Crippen molar-refractivity contribution in [3.8, 4) is 0 Å². The maximum absolute atomic E-state index is 4.61. The van der Waals surface area contributed by atoms with Gasteiger partial charge in [0, 0.05) is 19.1 Å². The van der Waals surface area contributed by atoms with Gasteiger partial charge in [0.25, 0.3) is 0 Å². The number of rotatable bonds is 3. The molecular formula is C17H25N3. The lowest BCUT2D eigenvalue weighted by Gasteiger charge is -2.32. The van der Waals surface area contributed by atoms with Crippen molar-refractivity contribution in [2.75, 3.05) is 13.1 Å². The summed E-state index contributed by atoms with van der Waals surface area (Å²) < 4.78 is 0. The van der Waals surface area contributed by atoms with Crippen molar-refractivity contribution in [3.05, 3.63) is 35.4 Å². The van der Waals surface area contributed by atoms with Gasteiger partial charge in [-0.25, -0.2) is 0 Å². The van der Waals surface area contributed by atoms with E-state index >= 15 is 0 Å². The average molecular weight is 271 g/mol. The van der Waals surface area contributed by atoms with E-state index in [0.29, 0.717) is 12.1 Å². The number of aliphatic imine (C=N–C) groups is 1. The maximum Gasteiger partial charge on any atom is 0.194 e. The van der Waals surface area contributed by atoms with Crippen molar-refractivity contribution < 1.29 is 0 Å². The predicted octanol–water partition coefficient (Wildman–Crippen LogP) is 2.98. The summed E-state index contributed by atoms with van der Waals surface area (Å²) in [5, 5.41) is 3.47. The molecule has 0 radical (unpaired) electrons. The Balaban J connectivity index is 1.77. The van der Waals surface area contributed by atoms with Gasteiger partial charge >= 0.3 is 0 Å². The van der Waals surface area contributed by atoms with E-state index in [0.717, 1.165) is 31.4 Å². The Morgan fingerprint density at radius 2 is 2.05 bits per heavy atom. The van der Waals surface area contributed by atoms with E-state index in [-0.39, 0.29) is 0 Å². The number of benzene rings is 1. The summed E-state index contributed by atoms with van der Waals surface area (Å²) in [5.74, 6) is 1.82. The molecule has 108 valence electrons. The molecule has 2 aliphatic heterocycles. The van der Waals surface area contributed by atoms with Crippen LogP contribution in [0.5, 0.6) is 0 Å². The molecule has 2 atom stereocenters. The molecule has 3 rings (SSSR count). The lowest BCUT2D eigenvalue weighted by Crippen LogP contribution is -2.37. The fraction of sp³-hybridized carbons (Fsp3) is 0.588. The van der Waals surface area contributed by atoms with Gasteiger partial charge in [0.05, 0.1) is 6.04 Å². The molecule has 1 fully saturated rings. The van der Waals surface area contributed by atoms with Crippen LogP contribution >= 0.6 is 0 Å². The Labute approximate surface area is 122 Å². The molecule has 20 heavy (non-hydrogen) atoms. The Morgan fingerprint density at radius 1 is 1.30 bits per heavy atom. The third kappa shape index (κ3) is 2.67. The summed E-state index contributed by atoms with van der Waals surface area (Å²) in [7, 11) is 0. The van der Waals surface area contributed by atoms with Crippen LogP contribution in [0, 0.1) is 5.92 Å². The Morgan fingerprint density at radius 3 is 2.75 bits per heavy atom. The number of hydrogen-bond acceptors (Lipinski definition) is 3. The minimum absolute atomic E-state index is 0.494. The lowest BCUT2D eigenvalue weighted by molar-refractivity contribution is 0.305. The van der Waals surface area contributed by atoms with Crippen LogP contribution < -0.4 is 5.32 Å². The topological polar surface area (TPSA) is 27.6 Å². The molecule has 2 aliphatic rings. The van der Waals surface area contributed by atoms with Gasteiger partial charge in [0.1, 0.15) is 0 Å². The molecule has 0 aromatic heterocycles. The molecule has 1 N–H and O–H groups in total. The molecule has 2 unspecified atom stereocenters. The SMILES string of the molecule is CC(C)Cc1ccc(C2CCN=C3NC(C)CN32)cc1. The first kappa shape index (κ1) is 13.5. The normalized spacial score (nSPS) is 25.4. The van der Waals surface area contributed by atoms with E-state index in [2.05, 4.69) is 60.2 Å². The van der Waals surface area contributed by atoms with Crippen molar-refractivity contribution in [3.63, 3.8) is 0 Å². The van der Waals surface area contributed by atoms with E-state index in [1.54, 1.807) is 0 Å². The molecule has 1 aromatic carbocycles. The van der Waals surface area contributed by atoms with E-state index in [4.69, 9.17) is 0 Å². The Bertz CT molecular complexity index is 489. The van der Waals surface area contributed by atoms with Crippen LogP contribution in [0.1, 0.15) is 44.4 Å². The number of fused-ring (bicyclic) bond motifs is 1. The van der Waals surface area contributed by atoms with Crippen LogP contribution in [0.25, 0.3) is 0 Å². The van der Waals surface area contributed by atoms with Crippen molar-refractivity contribution in [1.29, 1.82) is 0 Å². The zero-order valence-electron chi connectivity index (χ0n) is 12.8. The largest absolute Gasteiger partial charge is 0.352 e. The molecule has 0 bridgehead atoms. The Hall–Kier alpha value is -1.51. The zero-order chi connectivity index (χ0) is 14.1. The summed E-state index contributed by atoms with van der Waals surface area (Å²) in [6, 6.07) is 10.2. The highest BCUT2D eigenvalue weighted by molar-refractivity contribution is 5.83. The van der Waals surface area contributed by atoms with Crippen LogP contribution in [0.15, 0.2) is 29.3 Å². The summed E-state index contributed by atoms with van der Waals surface area (Å²) in [4.78, 5) is 7.04. The predicted molar refractivity (Wildman–Crippen MR) is 83.9 cm³/mol. The van der Waals surface area contributed by atoms with Gasteiger partial charge in [0.2, 0.25) is 0 Å². The quantitative estimate of drug-likeness (QED) is 0.915. The molecule has 0 saturated carbocycles. The summed E-state index contributed by atoms with van der Waals surface area (Å²) in [6.45, 7) is 8.77. The summed E-state index contributed by atoms with van der Waals surface area (Å²) >= 11 is 0. The second-order valence-corrected chi connectivity index (χ2v) is 6.55. The average Bonchev–Trinajstić information content (AvgIpc) is 2.79. The second kappa shape index (κ2) is 5.47. The molecule has 1 saturated heterocycles. The molecule has 3 nitrogen and oxygen atoms in total. The van der Waals surface area contributed by atoms with Gasteiger partial charge in [-0.1, -0.05) is 38.1 Å². The highest BCUT2D eigenvalue weighted by atomic mass is 15.4. The highest BCUT2D eigenvalue weighted by Crippen LogP contribution is 2.30. The van der Waals surface area contributed by atoms with Gasteiger partial charge < -0.3 is 10.2 Å². The fourth-order valence-corrected chi connectivity index (χ4v) is 3.28. The third-order valence-electron chi connectivity index (χ3n) is 4.17. The monoisotopic (exact) mass is 271 g/mol. The minimum atomic E-state index is 0.494. The first-order valence-corrected chi connectivity index (χ1v) is 7.80. The fourth-order valence-electron chi connectivity index (χ4n) is 3.28. The van der Waals surface area contributed by atoms with E-state index in [9.17, 15) is 0 Å². The van der Waals surface area contributed by atoms with Crippen LogP contribution in [0.4, 0.5) is 0 Å². The van der Waals surface area contributed by atoms with Gasteiger partial charge in [-0.2, -0.15) is 0 Å². The van der Waals surface area contributed by atoms with Crippen molar-refractivity contribution in [2.45, 2.75) is 45.7 Å². The first-order valence-electron chi connectivity index (χ1n) is 7.80. The van der Waals surface area contributed by atoms with E-state index in [1.165, 1.54) is 17.5 Å². The van der Waals surface area contributed by atoms with Crippen molar-refractivity contribution in [2.24, 2.45) is 10.9 Å². The van der Waals surface area contributed by atoms with Crippen LogP contribution in [0.3, 0.4) is 0 Å². The van der Waals surface area contributed by atoms with Crippen molar-refractivity contribution in [1.82, 2.24) is 10.2 Å². The van der Waals surface area contributed by atoms with Gasteiger partial charge in [0.15, 0.2) is 5.96 Å². The number of nitrogens with zero attached hydrogens (tertiary/aromatic N) is 2.